The van der Waals surface area contributed by atoms with Crippen LogP contribution in [0.4, 0.5) is 21.6 Å². The van der Waals surface area contributed by atoms with Gasteiger partial charge < -0.3 is 25.3 Å². The molecule has 0 aliphatic carbocycles. The lowest BCUT2D eigenvalue weighted by Gasteiger charge is -2.14. The Morgan fingerprint density at radius 1 is 1.05 bits per heavy atom. The number of ether oxygens (including phenoxy) is 1. The number of hydrogen-bond acceptors (Lipinski definition) is 7. The molecule has 1 aliphatic rings. The summed E-state index contributed by atoms with van der Waals surface area (Å²) in [7, 11) is 0. The maximum absolute atomic E-state index is 13.2. The number of esters is 1. The van der Waals surface area contributed by atoms with E-state index >= 15 is 0 Å². The standard InChI is InChI=1S/C29H23FN6O2/c30-21-3-1-18(2-4-21)14-32-26-7-5-22(11-20(26)13-31)35-28-24-12-23(6-8-27(24)33-17-34-28)36-15-19-9-10-38-29(37)25(19)16-36/h1-8,11-13,15-17,31-32H,9-10,14H2,(H,33,34,35). The predicted molar refractivity (Wildman–Crippen MR) is 144 cm³/mol. The van der Waals surface area contributed by atoms with Gasteiger partial charge in [-0.1, -0.05) is 12.1 Å². The van der Waals surface area contributed by atoms with Crippen molar-refractivity contribution >= 4 is 40.3 Å². The second-order valence-electron chi connectivity index (χ2n) is 8.97. The number of carbonyl (C=O) groups excluding carboxylic acids is 1. The van der Waals surface area contributed by atoms with Crippen LogP contribution in [0, 0.1) is 11.2 Å². The topological polar surface area (TPSA) is 105 Å². The van der Waals surface area contributed by atoms with Gasteiger partial charge in [-0.2, -0.15) is 0 Å². The first kappa shape index (κ1) is 23.4. The third kappa shape index (κ3) is 4.57. The van der Waals surface area contributed by atoms with E-state index in [-0.39, 0.29) is 11.8 Å². The molecule has 0 spiro atoms. The first-order chi connectivity index (χ1) is 18.6. The van der Waals surface area contributed by atoms with Crippen LogP contribution >= 0.6 is 0 Å². The maximum Gasteiger partial charge on any atom is 0.339 e. The number of nitrogens with zero attached hydrogens (tertiary/aromatic N) is 3. The summed E-state index contributed by atoms with van der Waals surface area (Å²) in [5.74, 6) is 0.0520. The Morgan fingerprint density at radius 2 is 1.92 bits per heavy atom. The lowest BCUT2D eigenvalue weighted by Crippen LogP contribution is -2.15. The zero-order valence-corrected chi connectivity index (χ0v) is 20.2. The SMILES string of the molecule is N=Cc1cc(Nc2ncnc3ccc(-n4cc5c(c4)C(=O)OCC5)cc23)ccc1NCc1ccc(F)cc1. The number of carbonyl (C=O) groups is 1. The van der Waals surface area contributed by atoms with Crippen LogP contribution in [-0.4, -0.2) is 33.3 Å². The molecule has 3 heterocycles. The van der Waals surface area contributed by atoms with Crippen molar-refractivity contribution in [3.63, 3.8) is 0 Å². The third-order valence-corrected chi connectivity index (χ3v) is 6.52. The number of aromatic nitrogens is 3. The monoisotopic (exact) mass is 506 g/mol. The van der Waals surface area contributed by atoms with Gasteiger partial charge in [0.2, 0.25) is 0 Å². The van der Waals surface area contributed by atoms with Crippen molar-refractivity contribution in [2.24, 2.45) is 0 Å². The smallest absolute Gasteiger partial charge is 0.339 e. The fourth-order valence-corrected chi connectivity index (χ4v) is 4.52. The van der Waals surface area contributed by atoms with Crippen LogP contribution in [0.3, 0.4) is 0 Å². The highest BCUT2D eigenvalue weighted by molar-refractivity contribution is 5.94. The zero-order valence-electron chi connectivity index (χ0n) is 20.2. The highest BCUT2D eigenvalue weighted by Gasteiger charge is 2.21. The van der Waals surface area contributed by atoms with Crippen molar-refractivity contribution in [2.45, 2.75) is 13.0 Å². The molecule has 0 amide bonds. The lowest BCUT2D eigenvalue weighted by molar-refractivity contribution is 0.0481. The van der Waals surface area contributed by atoms with Crippen LogP contribution in [0.2, 0.25) is 0 Å². The van der Waals surface area contributed by atoms with Crippen molar-refractivity contribution in [1.29, 1.82) is 5.41 Å². The molecule has 0 fully saturated rings. The van der Waals surface area contributed by atoms with Gasteiger partial charge in [-0.3, -0.25) is 0 Å². The van der Waals surface area contributed by atoms with Crippen molar-refractivity contribution < 1.29 is 13.9 Å². The number of halogens is 1. The Bertz CT molecular complexity index is 1680. The van der Waals surface area contributed by atoms with E-state index in [1.165, 1.54) is 24.7 Å². The quantitative estimate of drug-likeness (QED) is 0.195. The molecule has 8 nitrogen and oxygen atoms in total. The van der Waals surface area contributed by atoms with Gasteiger partial charge in [0.1, 0.15) is 18.0 Å². The Balaban J connectivity index is 1.27. The van der Waals surface area contributed by atoms with Crippen molar-refractivity contribution in [1.82, 2.24) is 14.5 Å². The molecule has 188 valence electrons. The zero-order chi connectivity index (χ0) is 26.1. The van der Waals surface area contributed by atoms with Crippen molar-refractivity contribution in [3.8, 4) is 5.69 Å². The van der Waals surface area contributed by atoms with Gasteiger partial charge in [-0.15, -0.1) is 0 Å². The lowest BCUT2D eigenvalue weighted by atomic mass is 10.1. The minimum atomic E-state index is -0.297. The molecule has 0 saturated carbocycles. The number of benzene rings is 3. The molecule has 38 heavy (non-hydrogen) atoms. The molecule has 5 aromatic rings. The number of rotatable bonds is 7. The van der Waals surface area contributed by atoms with E-state index in [4.69, 9.17) is 10.1 Å². The van der Waals surface area contributed by atoms with E-state index in [1.807, 2.05) is 47.2 Å². The second kappa shape index (κ2) is 9.78. The minimum Gasteiger partial charge on any atom is -0.462 e. The van der Waals surface area contributed by atoms with Crippen molar-refractivity contribution in [3.05, 3.63) is 107 Å². The second-order valence-corrected chi connectivity index (χ2v) is 8.97. The summed E-state index contributed by atoms with van der Waals surface area (Å²) in [5, 5.41) is 15.4. The number of hydrogen-bond donors (Lipinski definition) is 3. The highest BCUT2D eigenvalue weighted by Crippen LogP contribution is 2.29. The number of fused-ring (bicyclic) bond motifs is 2. The van der Waals surface area contributed by atoms with Crippen LogP contribution in [0.25, 0.3) is 16.6 Å². The summed E-state index contributed by atoms with van der Waals surface area (Å²) < 4.78 is 20.3. The number of nitrogens with one attached hydrogen (secondary N) is 3. The van der Waals surface area contributed by atoms with E-state index in [9.17, 15) is 9.18 Å². The van der Waals surface area contributed by atoms with Crippen LogP contribution in [-0.2, 0) is 17.7 Å². The third-order valence-electron chi connectivity index (χ3n) is 6.52. The molecule has 6 rings (SSSR count). The summed E-state index contributed by atoms with van der Waals surface area (Å²) in [6.07, 6.45) is 7.24. The van der Waals surface area contributed by atoms with Crippen LogP contribution < -0.4 is 10.6 Å². The molecular weight excluding hydrogens is 483 g/mol. The van der Waals surface area contributed by atoms with E-state index in [0.29, 0.717) is 36.5 Å². The molecule has 9 heteroatoms. The van der Waals surface area contributed by atoms with Gasteiger partial charge >= 0.3 is 5.97 Å². The molecule has 0 saturated heterocycles. The molecule has 0 atom stereocenters. The number of anilines is 3. The van der Waals surface area contributed by atoms with Gasteiger partial charge in [0.15, 0.2) is 0 Å². The fraction of sp³-hybridized carbons (Fsp3) is 0.103. The summed E-state index contributed by atoms with van der Waals surface area (Å²) in [5.41, 5.74) is 6.39. The van der Waals surface area contributed by atoms with Crippen LogP contribution in [0.15, 0.2) is 79.4 Å². The normalized spacial score (nSPS) is 12.6. The van der Waals surface area contributed by atoms with Crippen LogP contribution in [0.5, 0.6) is 0 Å². The van der Waals surface area contributed by atoms with Crippen molar-refractivity contribution in [2.75, 3.05) is 17.2 Å². The molecule has 1 aliphatic heterocycles. The Labute approximate surface area is 217 Å². The molecule has 0 unspecified atom stereocenters. The summed E-state index contributed by atoms with van der Waals surface area (Å²) in [6.45, 7) is 0.904. The minimum absolute atomic E-state index is 0.272. The Kier molecular flexibility index (Phi) is 6.01. The maximum atomic E-state index is 13.2. The van der Waals surface area contributed by atoms with E-state index in [1.54, 1.807) is 18.3 Å². The van der Waals surface area contributed by atoms with Gasteiger partial charge in [0.25, 0.3) is 0 Å². The average Bonchev–Trinajstić information content (AvgIpc) is 3.39. The summed E-state index contributed by atoms with van der Waals surface area (Å²) in [6, 6.07) is 17.8. The average molecular weight is 507 g/mol. The predicted octanol–water partition coefficient (Wildman–Crippen LogP) is 5.63. The summed E-state index contributed by atoms with van der Waals surface area (Å²) in [4.78, 5) is 21.0. The van der Waals surface area contributed by atoms with E-state index in [2.05, 4.69) is 20.6 Å². The van der Waals surface area contributed by atoms with Gasteiger partial charge in [0.05, 0.1) is 17.7 Å². The highest BCUT2D eigenvalue weighted by atomic mass is 19.1. The Hall–Kier alpha value is -5.05. The Morgan fingerprint density at radius 3 is 2.74 bits per heavy atom. The van der Waals surface area contributed by atoms with Crippen LogP contribution in [0.1, 0.15) is 27.0 Å². The first-order valence-corrected chi connectivity index (χ1v) is 12.1. The first-order valence-electron chi connectivity index (χ1n) is 12.1. The molecule has 3 N–H and O–H groups in total. The van der Waals surface area contributed by atoms with E-state index < -0.39 is 0 Å². The van der Waals surface area contributed by atoms with Gasteiger partial charge in [0, 0.05) is 59.6 Å². The number of cyclic esters (lactones) is 1. The fourth-order valence-electron chi connectivity index (χ4n) is 4.52. The molecule has 0 bridgehead atoms. The summed E-state index contributed by atoms with van der Waals surface area (Å²) >= 11 is 0. The molecule has 2 aromatic heterocycles. The largest absolute Gasteiger partial charge is 0.462 e. The van der Waals surface area contributed by atoms with Gasteiger partial charge in [-0.05, 0) is 59.7 Å². The molecule has 3 aromatic carbocycles. The van der Waals surface area contributed by atoms with Gasteiger partial charge in [-0.25, -0.2) is 19.2 Å². The molecule has 0 radical (unpaired) electrons. The van der Waals surface area contributed by atoms with E-state index in [0.717, 1.165) is 39.1 Å². The molecular formula is C29H23FN6O2.